The van der Waals surface area contributed by atoms with Crippen LogP contribution in [0.1, 0.15) is 11.1 Å². The van der Waals surface area contributed by atoms with Crippen LogP contribution in [0.15, 0.2) is 47.4 Å². The number of aryl methyl sites for hydroxylation is 1. The maximum Gasteiger partial charge on any atom is 0.262 e. The topological polar surface area (TPSA) is 70.0 Å². The Hall–Kier alpha value is -2.03. The highest BCUT2D eigenvalue weighted by Crippen LogP contribution is 2.22. The minimum atomic E-state index is -3.75. The number of nitriles is 1. The Balaban J connectivity index is 2.43. The lowest BCUT2D eigenvalue weighted by Gasteiger charge is -2.10. The molecule has 0 saturated heterocycles. The molecule has 2 aromatic rings. The molecule has 6 heteroatoms. The molecular formula is C14H11ClN2O2S. The monoisotopic (exact) mass is 306 g/mol. The van der Waals surface area contributed by atoms with Gasteiger partial charge in [-0.1, -0.05) is 23.7 Å². The van der Waals surface area contributed by atoms with E-state index in [1.807, 2.05) is 6.07 Å². The van der Waals surface area contributed by atoms with Gasteiger partial charge in [-0.05, 0) is 42.8 Å². The maximum atomic E-state index is 12.3. The Kier molecular flexibility index (Phi) is 3.98. The van der Waals surface area contributed by atoms with Gasteiger partial charge >= 0.3 is 0 Å². The average Bonchev–Trinajstić information content (AvgIpc) is 2.38. The van der Waals surface area contributed by atoms with Gasteiger partial charge in [-0.3, -0.25) is 4.72 Å². The van der Waals surface area contributed by atoms with Crippen LogP contribution in [0.5, 0.6) is 0 Å². The molecule has 1 N–H and O–H groups in total. The van der Waals surface area contributed by atoms with E-state index in [2.05, 4.69) is 4.72 Å². The largest absolute Gasteiger partial charge is 0.280 e. The van der Waals surface area contributed by atoms with Crippen LogP contribution < -0.4 is 4.72 Å². The average molecular weight is 307 g/mol. The minimum Gasteiger partial charge on any atom is -0.280 e. The van der Waals surface area contributed by atoms with E-state index in [1.54, 1.807) is 37.3 Å². The SMILES string of the molecule is Cc1ccc(C#N)cc1S(=O)(=O)Nc1cccc(Cl)c1. The second kappa shape index (κ2) is 5.53. The number of hydrogen-bond donors (Lipinski definition) is 1. The molecule has 0 saturated carbocycles. The van der Waals surface area contributed by atoms with Crippen LogP contribution in [-0.4, -0.2) is 8.42 Å². The maximum absolute atomic E-state index is 12.3. The van der Waals surface area contributed by atoms with E-state index >= 15 is 0 Å². The molecule has 0 radical (unpaired) electrons. The van der Waals surface area contributed by atoms with E-state index < -0.39 is 10.0 Å². The first-order valence-corrected chi connectivity index (χ1v) is 7.57. The quantitative estimate of drug-likeness (QED) is 0.945. The lowest BCUT2D eigenvalue weighted by Crippen LogP contribution is -2.14. The van der Waals surface area contributed by atoms with Crippen molar-refractivity contribution in [3.8, 4) is 6.07 Å². The number of nitrogens with zero attached hydrogens (tertiary/aromatic N) is 1. The molecule has 0 unspecified atom stereocenters. The van der Waals surface area contributed by atoms with Crippen LogP contribution in [0.3, 0.4) is 0 Å². The zero-order chi connectivity index (χ0) is 14.8. The fourth-order valence-corrected chi connectivity index (χ4v) is 3.23. The first-order valence-electron chi connectivity index (χ1n) is 5.71. The lowest BCUT2D eigenvalue weighted by atomic mass is 10.2. The van der Waals surface area contributed by atoms with Gasteiger partial charge in [-0.25, -0.2) is 8.42 Å². The van der Waals surface area contributed by atoms with Crippen molar-refractivity contribution in [2.45, 2.75) is 11.8 Å². The van der Waals surface area contributed by atoms with Gasteiger partial charge in [0.25, 0.3) is 10.0 Å². The molecule has 0 aromatic heterocycles. The Morgan fingerprint density at radius 1 is 1.20 bits per heavy atom. The van der Waals surface area contributed by atoms with E-state index in [-0.39, 0.29) is 4.90 Å². The summed E-state index contributed by atoms with van der Waals surface area (Å²) in [4.78, 5) is 0.0801. The van der Waals surface area contributed by atoms with Gasteiger partial charge in [-0.15, -0.1) is 0 Å². The summed E-state index contributed by atoms with van der Waals surface area (Å²) < 4.78 is 27.1. The Labute approximate surface area is 122 Å². The molecule has 0 aliphatic heterocycles. The summed E-state index contributed by atoms with van der Waals surface area (Å²) in [7, 11) is -3.75. The molecule has 0 heterocycles. The molecule has 2 rings (SSSR count). The Morgan fingerprint density at radius 2 is 1.95 bits per heavy atom. The second-order valence-electron chi connectivity index (χ2n) is 4.21. The van der Waals surface area contributed by atoms with Crippen molar-refractivity contribution < 1.29 is 8.42 Å². The third kappa shape index (κ3) is 3.10. The van der Waals surface area contributed by atoms with Crippen molar-refractivity contribution in [3.05, 3.63) is 58.6 Å². The van der Waals surface area contributed by atoms with Crippen LogP contribution in [-0.2, 0) is 10.0 Å². The van der Waals surface area contributed by atoms with Gasteiger partial charge in [0.1, 0.15) is 0 Å². The van der Waals surface area contributed by atoms with Crippen molar-refractivity contribution in [3.63, 3.8) is 0 Å². The van der Waals surface area contributed by atoms with Gasteiger partial charge in [0.2, 0.25) is 0 Å². The van der Waals surface area contributed by atoms with Crippen LogP contribution in [0.2, 0.25) is 5.02 Å². The molecule has 102 valence electrons. The van der Waals surface area contributed by atoms with Gasteiger partial charge in [-0.2, -0.15) is 5.26 Å². The van der Waals surface area contributed by atoms with Gasteiger partial charge < -0.3 is 0 Å². The molecule has 2 aromatic carbocycles. The first kappa shape index (κ1) is 14.4. The van der Waals surface area contributed by atoms with Crippen LogP contribution >= 0.6 is 11.6 Å². The number of benzene rings is 2. The standard InChI is InChI=1S/C14H11ClN2O2S/c1-10-5-6-11(9-16)7-14(10)20(18,19)17-13-4-2-3-12(15)8-13/h2-8,17H,1H3. The molecule has 0 atom stereocenters. The summed E-state index contributed by atoms with van der Waals surface area (Å²) in [5, 5.41) is 9.30. The fourth-order valence-electron chi connectivity index (χ4n) is 1.72. The van der Waals surface area contributed by atoms with E-state index in [0.29, 0.717) is 21.8 Å². The molecule has 0 fully saturated rings. The highest BCUT2D eigenvalue weighted by atomic mass is 35.5. The Morgan fingerprint density at radius 3 is 2.60 bits per heavy atom. The van der Waals surface area contributed by atoms with Crippen molar-refractivity contribution in [2.75, 3.05) is 4.72 Å². The van der Waals surface area contributed by atoms with Gasteiger partial charge in [0.05, 0.1) is 22.2 Å². The number of hydrogen-bond acceptors (Lipinski definition) is 3. The number of nitrogens with one attached hydrogen (secondary N) is 1. The fraction of sp³-hybridized carbons (Fsp3) is 0.0714. The zero-order valence-electron chi connectivity index (χ0n) is 10.6. The number of rotatable bonds is 3. The first-order chi connectivity index (χ1) is 9.42. The molecule has 0 amide bonds. The molecule has 0 bridgehead atoms. The van der Waals surface area contributed by atoms with Gasteiger partial charge in [0.15, 0.2) is 0 Å². The third-order valence-electron chi connectivity index (χ3n) is 2.68. The number of halogens is 1. The van der Waals surface area contributed by atoms with E-state index in [4.69, 9.17) is 16.9 Å². The molecular weight excluding hydrogens is 296 g/mol. The van der Waals surface area contributed by atoms with Crippen molar-refractivity contribution >= 4 is 27.3 Å². The smallest absolute Gasteiger partial charge is 0.262 e. The highest BCUT2D eigenvalue weighted by molar-refractivity contribution is 7.92. The molecule has 0 spiro atoms. The molecule has 0 aliphatic rings. The molecule has 4 nitrogen and oxygen atoms in total. The van der Waals surface area contributed by atoms with E-state index in [0.717, 1.165) is 0 Å². The van der Waals surface area contributed by atoms with Crippen LogP contribution in [0.4, 0.5) is 5.69 Å². The number of anilines is 1. The van der Waals surface area contributed by atoms with Crippen LogP contribution in [0.25, 0.3) is 0 Å². The normalized spacial score (nSPS) is 10.8. The van der Waals surface area contributed by atoms with Crippen molar-refractivity contribution in [2.24, 2.45) is 0 Å². The summed E-state index contributed by atoms with van der Waals surface area (Å²) in [5.74, 6) is 0. The summed E-state index contributed by atoms with van der Waals surface area (Å²) in [6.07, 6.45) is 0. The lowest BCUT2D eigenvalue weighted by molar-refractivity contribution is 0.600. The predicted molar refractivity (Wildman–Crippen MR) is 78.2 cm³/mol. The third-order valence-corrected chi connectivity index (χ3v) is 4.44. The van der Waals surface area contributed by atoms with Gasteiger partial charge in [0, 0.05) is 5.02 Å². The highest BCUT2D eigenvalue weighted by Gasteiger charge is 2.17. The van der Waals surface area contributed by atoms with E-state index in [1.165, 1.54) is 12.1 Å². The summed E-state index contributed by atoms with van der Waals surface area (Å²) >= 11 is 5.82. The Bertz CT molecular complexity index is 795. The molecule has 0 aliphatic carbocycles. The van der Waals surface area contributed by atoms with Crippen molar-refractivity contribution in [1.29, 1.82) is 5.26 Å². The predicted octanol–water partition coefficient (Wildman–Crippen LogP) is 3.32. The van der Waals surface area contributed by atoms with Crippen molar-refractivity contribution in [1.82, 2.24) is 0 Å². The van der Waals surface area contributed by atoms with E-state index in [9.17, 15) is 8.42 Å². The number of sulfonamides is 1. The second-order valence-corrected chi connectivity index (χ2v) is 6.30. The molecule has 20 heavy (non-hydrogen) atoms. The van der Waals surface area contributed by atoms with Crippen LogP contribution in [0, 0.1) is 18.3 Å². The summed E-state index contributed by atoms with van der Waals surface area (Å²) in [6, 6.07) is 12.9. The summed E-state index contributed by atoms with van der Waals surface area (Å²) in [5.41, 5.74) is 1.24. The zero-order valence-corrected chi connectivity index (χ0v) is 12.2. The summed E-state index contributed by atoms with van der Waals surface area (Å²) in [6.45, 7) is 1.67. The minimum absolute atomic E-state index is 0.0801.